The molecule has 0 bridgehead atoms. The van der Waals surface area contributed by atoms with Crippen LogP contribution in [0.4, 0.5) is 11.5 Å². The summed E-state index contributed by atoms with van der Waals surface area (Å²) >= 11 is 24.8. The van der Waals surface area contributed by atoms with Gasteiger partial charge in [-0.2, -0.15) is 0 Å². The van der Waals surface area contributed by atoms with Crippen LogP contribution in [0.3, 0.4) is 0 Å². The first-order valence-corrected chi connectivity index (χ1v) is 21.0. The minimum absolute atomic E-state index is 0.241. The lowest BCUT2D eigenvalue weighted by Crippen LogP contribution is -2.24. The Bertz CT molecular complexity index is 2870. The number of ether oxygens (including phenoxy) is 2. The van der Waals surface area contributed by atoms with Crippen LogP contribution in [0.5, 0.6) is 11.5 Å². The van der Waals surface area contributed by atoms with Gasteiger partial charge in [-0.25, -0.2) is 9.97 Å². The standard InChI is InChI=1S/C25H20Cl2N2O3.C23H18Cl2N4O3/c1-15-23(24(30)25(31)28-18-6-4-3-5-7-18)20-13-19(32-2)10-11-22(20)29(15)14-16-8-9-17(26)12-21(16)27;1-13-21(22(30)23(31)28-20-7-8-26-12-27-20)17-10-16(32-2)5-6-19(17)29(13)11-14-3-4-15(24)9-18(14)25/h3-13H,14H2,1-2H3,(H,28,31);3-10,12H,11H2,1-2H3,(H,26,27,28,31). The molecule has 16 heteroatoms. The highest BCUT2D eigenvalue weighted by Gasteiger charge is 2.28. The van der Waals surface area contributed by atoms with Crippen molar-refractivity contribution in [2.45, 2.75) is 26.9 Å². The van der Waals surface area contributed by atoms with Gasteiger partial charge in [0.05, 0.1) is 25.3 Å². The number of para-hydroxylation sites is 1. The Morgan fingerprint density at radius 3 is 1.52 bits per heavy atom. The molecule has 0 aliphatic rings. The summed E-state index contributed by atoms with van der Waals surface area (Å²) in [6, 6.07) is 31.8. The number of ketones is 2. The molecule has 0 aliphatic carbocycles. The molecule has 2 N–H and O–H groups in total. The van der Waals surface area contributed by atoms with Crippen LogP contribution in [0, 0.1) is 13.8 Å². The first-order valence-electron chi connectivity index (χ1n) is 19.5. The maximum absolute atomic E-state index is 13.3. The van der Waals surface area contributed by atoms with Gasteiger partial charge in [-0.1, -0.05) is 76.7 Å². The van der Waals surface area contributed by atoms with Gasteiger partial charge >= 0.3 is 0 Å². The van der Waals surface area contributed by atoms with Crippen molar-refractivity contribution in [1.29, 1.82) is 0 Å². The minimum atomic E-state index is -0.793. The van der Waals surface area contributed by atoms with Crippen molar-refractivity contribution >= 4 is 103 Å². The van der Waals surface area contributed by atoms with E-state index in [2.05, 4.69) is 20.6 Å². The summed E-state index contributed by atoms with van der Waals surface area (Å²) in [7, 11) is 3.10. The number of aromatic nitrogens is 4. The van der Waals surface area contributed by atoms with Crippen molar-refractivity contribution in [2.24, 2.45) is 0 Å². The molecule has 0 radical (unpaired) electrons. The number of carbonyl (C=O) groups is 4. The van der Waals surface area contributed by atoms with Crippen LogP contribution >= 0.6 is 46.4 Å². The number of hydrogen-bond donors (Lipinski definition) is 2. The molecule has 64 heavy (non-hydrogen) atoms. The Morgan fingerprint density at radius 2 is 1.08 bits per heavy atom. The zero-order valence-corrected chi connectivity index (χ0v) is 37.7. The summed E-state index contributed by atoms with van der Waals surface area (Å²) in [6.45, 7) is 4.42. The summed E-state index contributed by atoms with van der Waals surface area (Å²) in [5.74, 6) is -1.39. The molecule has 324 valence electrons. The van der Waals surface area contributed by atoms with Crippen molar-refractivity contribution in [3.8, 4) is 11.5 Å². The number of nitrogens with zero attached hydrogens (tertiary/aromatic N) is 4. The van der Waals surface area contributed by atoms with Crippen molar-refractivity contribution in [3.63, 3.8) is 0 Å². The van der Waals surface area contributed by atoms with Crippen LogP contribution in [0.2, 0.25) is 20.1 Å². The van der Waals surface area contributed by atoms with E-state index in [0.717, 1.165) is 22.2 Å². The van der Waals surface area contributed by atoms with Gasteiger partial charge in [-0.3, -0.25) is 19.2 Å². The lowest BCUT2D eigenvalue weighted by atomic mass is 10.1. The monoisotopic (exact) mass is 934 g/mol. The SMILES string of the molecule is COc1ccc2c(c1)c(C(=O)C(=O)Nc1ccccc1)c(C)n2Cc1ccc(Cl)cc1Cl.COc1ccc2c(c1)c(C(=O)C(=O)Nc1ccncn1)c(C)n2Cc1ccc(Cl)cc1Cl. The largest absolute Gasteiger partial charge is 0.497 e. The maximum atomic E-state index is 13.3. The number of amides is 2. The predicted octanol–water partition coefficient (Wildman–Crippen LogP) is 11.1. The van der Waals surface area contributed by atoms with Crippen LogP contribution in [-0.4, -0.2) is 56.7 Å². The third-order valence-electron chi connectivity index (χ3n) is 10.5. The number of rotatable bonds is 12. The summed E-state index contributed by atoms with van der Waals surface area (Å²) < 4.78 is 14.6. The lowest BCUT2D eigenvalue weighted by molar-refractivity contribution is -0.113. The molecule has 0 fully saturated rings. The fourth-order valence-electron chi connectivity index (χ4n) is 7.27. The molecule has 0 aliphatic heterocycles. The molecule has 0 unspecified atom stereocenters. The van der Waals surface area contributed by atoms with Crippen LogP contribution < -0.4 is 20.1 Å². The van der Waals surface area contributed by atoms with E-state index in [1.54, 1.807) is 87.9 Å². The van der Waals surface area contributed by atoms with Gasteiger partial charge in [0.1, 0.15) is 23.6 Å². The van der Waals surface area contributed by atoms with Gasteiger partial charge in [0.15, 0.2) is 0 Å². The van der Waals surface area contributed by atoms with Crippen LogP contribution in [0.1, 0.15) is 43.2 Å². The Hall–Kier alpha value is -6.70. The second-order valence-electron chi connectivity index (χ2n) is 14.4. The van der Waals surface area contributed by atoms with Crippen LogP contribution in [0.25, 0.3) is 21.8 Å². The number of benzene rings is 5. The van der Waals surface area contributed by atoms with E-state index >= 15 is 0 Å². The Labute approximate surface area is 387 Å². The van der Waals surface area contributed by atoms with Gasteiger partial charge in [0.25, 0.3) is 23.4 Å². The Morgan fingerprint density at radius 1 is 0.594 bits per heavy atom. The van der Waals surface area contributed by atoms with Gasteiger partial charge < -0.3 is 29.2 Å². The third kappa shape index (κ3) is 9.75. The molecule has 0 saturated heterocycles. The highest BCUT2D eigenvalue weighted by molar-refractivity contribution is 6.49. The molecule has 3 aromatic heterocycles. The third-order valence-corrected chi connectivity index (χ3v) is 11.6. The average molecular weight is 937 g/mol. The highest BCUT2D eigenvalue weighted by atomic mass is 35.5. The highest BCUT2D eigenvalue weighted by Crippen LogP contribution is 2.34. The summed E-state index contributed by atoms with van der Waals surface area (Å²) in [5, 5.41) is 8.56. The van der Waals surface area contributed by atoms with Crippen LogP contribution in [-0.2, 0) is 22.7 Å². The first-order chi connectivity index (χ1) is 30.8. The number of carbonyl (C=O) groups excluding carboxylic acids is 4. The maximum Gasteiger partial charge on any atom is 0.298 e. The molecular weight excluding hydrogens is 898 g/mol. The molecule has 2 amide bonds. The summed E-state index contributed by atoms with van der Waals surface area (Å²) in [5.41, 5.74) is 5.70. The summed E-state index contributed by atoms with van der Waals surface area (Å²) in [6.07, 6.45) is 2.77. The van der Waals surface area contributed by atoms with E-state index in [1.807, 2.05) is 52.5 Å². The normalized spacial score (nSPS) is 10.9. The average Bonchev–Trinajstić information content (AvgIpc) is 3.72. The van der Waals surface area contributed by atoms with Gasteiger partial charge in [-0.15, -0.1) is 0 Å². The number of Topliss-reactive ketones (excluding diaryl/α,β-unsaturated/α-hetero) is 2. The topological polar surface area (TPSA) is 146 Å². The number of nitrogens with one attached hydrogen (secondary N) is 2. The van der Waals surface area contributed by atoms with Gasteiger partial charge in [0.2, 0.25) is 0 Å². The second-order valence-corrected chi connectivity index (χ2v) is 16.0. The Balaban J connectivity index is 0.000000191. The number of methoxy groups -OCH3 is 2. The van der Waals surface area contributed by atoms with Crippen molar-refractivity contribution < 1.29 is 28.7 Å². The van der Waals surface area contributed by atoms with E-state index in [1.165, 1.54) is 18.6 Å². The molecule has 0 spiro atoms. The van der Waals surface area contributed by atoms with Crippen molar-refractivity contribution in [2.75, 3.05) is 24.9 Å². The first kappa shape index (κ1) is 45.3. The second kappa shape index (κ2) is 19.8. The minimum Gasteiger partial charge on any atom is -0.497 e. The van der Waals surface area contributed by atoms with Crippen LogP contribution in [0.15, 0.2) is 122 Å². The molecule has 8 aromatic rings. The van der Waals surface area contributed by atoms with Crippen molar-refractivity contribution in [1.82, 2.24) is 19.1 Å². The number of anilines is 2. The summed E-state index contributed by atoms with van der Waals surface area (Å²) in [4.78, 5) is 59.7. The van der Waals surface area contributed by atoms with Gasteiger partial charge in [0, 0.05) is 78.3 Å². The predicted molar refractivity (Wildman–Crippen MR) is 252 cm³/mol. The quantitative estimate of drug-likeness (QED) is 0.0909. The van der Waals surface area contributed by atoms with E-state index in [-0.39, 0.29) is 11.4 Å². The zero-order chi connectivity index (χ0) is 45.7. The number of hydrogen-bond acceptors (Lipinski definition) is 8. The molecule has 0 saturated carbocycles. The van der Waals surface area contributed by atoms with Crippen molar-refractivity contribution in [3.05, 3.63) is 175 Å². The fraction of sp³-hybridized carbons (Fsp3) is 0.125. The number of fused-ring (bicyclic) bond motifs is 2. The molecule has 0 atom stereocenters. The van der Waals surface area contributed by atoms with Gasteiger partial charge in [-0.05, 0) is 104 Å². The number of halogens is 4. The lowest BCUT2D eigenvalue weighted by Gasteiger charge is -2.11. The van der Waals surface area contributed by atoms with E-state index in [4.69, 9.17) is 55.9 Å². The smallest absolute Gasteiger partial charge is 0.298 e. The zero-order valence-electron chi connectivity index (χ0n) is 34.7. The fourth-order valence-corrected chi connectivity index (χ4v) is 8.21. The Kier molecular flexibility index (Phi) is 14.0. The van der Waals surface area contributed by atoms with E-state index in [0.29, 0.717) is 78.1 Å². The molecule has 12 nitrogen and oxygen atoms in total. The molecule has 8 rings (SSSR count). The molecule has 5 aromatic carbocycles. The van der Waals surface area contributed by atoms with E-state index < -0.39 is 23.4 Å². The molecule has 3 heterocycles. The van der Waals surface area contributed by atoms with E-state index in [9.17, 15) is 19.2 Å². The molecular formula is C48H38Cl4N6O6.